The Kier molecular flexibility index (Phi) is 5.98. The van der Waals surface area contributed by atoms with E-state index in [9.17, 15) is 9.59 Å². The highest BCUT2D eigenvalue weighted by atomic mass is 16.5. The van der Waals surface area contributed by atoms with E-state index in [1.807, 2.05) is 44.2 Å². The van der Waals surface area contributed by atoms with Gasteiger partial charge in [0.2, 0.25) is 5.91 Å². The van der Waals surface area contributed by atoms with Gasteiger partial charge in [0.05, 0.1) is 18.3 Å². The lowest BCUT2D eigenvalue weighted by Gasteiger charge is -2.10. The van der Waals surface area contributed by atoms with Crippen LogP contribution in [0.15, 0.2) is 60.7 Å². The molecule has 0 bridgehead atoms. The average molecular weight is 428 g/mol. The molecular formula is C25H24N4O3. The van der Waals surface area contributed by atoms with Gasteiger partial charge in [0.15, 0.2) is 11.6 Å². The number of hydrogen-bond acceptors (Lipinski definition) is 5. The molecule has 2 aromatic heterocycles. The number of pyridine rings is 1. The highest BCUT2D eigenvalue weighted by Crippen LogP contribution is 2.22. The monoisotopic (exact) mass is 428 g/mol. The zero-order valence-corrected chi connectivity index (χ0v) is 18.3. The van der Waals surface area contributed by atoms with Crippen molar-refractivity contribution in [1.29, 1.82) is 0 Å². The molecule has 4 rings (SSSR count). The zero-order valence-electron chi connectivity index (χ0n) is 18.3. The molecule has 0 aliphatic heterocycles. The predicted octanol–water partition coefficient (Wildman–Crippen LogP) is 4.65. The topological polar surface area (TPSA) is 86.1 Å². The number of benzene rings is 2. The molecule has 0 saturated heterocycles. The van der Waals surface area contributed by atoms with Gasteiger partial charge in [-0.1, -0.05) is 18.2 Å². The van der Waals surface area contributed by atoms with Crippen molar-refractivity contribution in [2.24, 2.45) is 0 Å². The number of para-hydroxylation sites is 1. The van der Waals surface area contributed by atoms with Crippen LogP contribution in [-0.4, -0.2) is 33.6 Å². The molecule has 2 heterocycles. The fourth-order valence-corrected chi connectivity index (χ4v) is 3.56. The van der Waals surface area contributed by atoms with Crippen molar-refractivity contribution in [2.45, 2.75) is 26.7 Å². The lowest BCUT2D eigenvalue weighted by Crippen LogP contribution is -2.16. The second-order valence-corrected chi connectivity index (χ2v) is 7.60. The molecule has 2 aromatic carbocycles. The molecule has 0 radical (unpaired) electrons. The number of Topliss-reactive ketones (excluding diaryl/α,β-unsaturated/α-hetero) is 1. The zero-order chi connectivity index (χ0) is 22.7. The first-order chi connectivity index (χ1) is 15.4. The Morgan fingerprint density at radius 3 is 2.50 bits per heavy atom. The number of hydrogen-bond donors (Lipinski definition) is 1. The fourth-order valence-electron chi connectivity index (χ4n) is 3.56. The van der Waals surface area contributed by atoms with E-state index in [-0.39, 0.29) is 24.5 Å². The van der Waals surface area contributed by atoms with Gasteiger partial charge in [-0.25, -0.2) is 4.98 Å². The van der Waals surface area contributed by atoms with Gasteiger partial charge in [-0.05, 0) is 55.8 Å². The molecule has 4 aromatic rings. The third-order valence-corrected chi connectivity index (χ3v) is 5.22. The van der Waals surface area contributed by atoms with Crippen molar-refractivity contribution in [3.63, 3.8) is 0 Å². The first-order valence-corrected chi connectivity index (χ1v) is 10.3. The Balaban J connectivity index is 1.48. The lowest BCUT2D eigenvalue weighted by atomic mass is 10.1. The molecule has 1 N–H and O–H groups in total. The maximum Gasteiger partial charge on any atom is 0.225 e. The molecule has 0 fully saturated rings. The van der Waals surface area contributed by atoms with E-state index < -0.39 is 0 Å². The Hall–Kier alpha value is -4.00. The van der Waals surface area contributed by atoms with Gasteiger partial charge in [-0.2, -0.15) is 9.78 Å². The summed E-state index contributed by atoms with van der Waals surface area (Å²) in [6, 6.07) is 18.5. The van der Waals surface area contributed by atoms with Crippen molar-refractivity contribution in [3.8, 4) is 11.6 Å². The van der Waals surface area contributed by atoms with Gasteiger partial charge in [0.25, 0.3) is 0 Å². The van der Waals surface area contributed by atoms with Gasteiger partial charge >= 0.3 is 0 Å². The van der Waals surface area contributed by atoms with Crippen LogP contribution in [0.25, 0.3) is 16.7 Å². The van der Waals surface area contributed by atoms with Gasteiger partial charge < -0.3 is 10.1 Å². The number of aryl methyl sites for hydroxylation is 2. The van der Waals surface area contributed by atoms with E-state index in [2.05, 4.69) is 10.4 Å². The van der Waals surface area contributed by atoms with Crippen LogP contribution in [0.4, 0.5) is 5.82 Å². The summed E-state index contributed by atoms with van der Waals surface area (Å²) in [5.74, 6) is 1.47. The Labute approximate surface area is 186 Å². The molecule has 7 heteroatoms. The summed E-state index contributed by atoms with van der Waals surface area (Å²) in [6.45, 7) is 3.88. The van der Waals surface area contributed by atoms with Gasteiger partial charge in [0, 0.05) is 29.9 Å². The molecular weight excluding hydrogens is 404 g/mol. The largest absolute Gasteiger partial charge is 0.497 e. The van der Waals surface area contributed by atoms with E-state index in [0.29, 0.717) is 22.9 Å². The van der Waals surface area contributed by atoms with E-state index in [0.717, 1.165) is 22.2 Å². The standard InChI is InChI=1S/C25H24N4O3/c1-16-14-23(26-21-7-5-4-6-20(16)21)29-24(15-17(2)28-29)27-25(31)13-12-22(30)18-8-10-19(32-3)11-9-18/h4-11,14-15H,12-13H2,1-3H3,(H,27,31). The number of carbonyl (C=O) groups is 2. The van der Waals surface area contributed by atoms with Crippen molar-refractivity contribution in [3.05, 3.63) is 77.5 Å². The summed E-state index contributed by atoms with van der Waals surface area (Å²) in [5, 5.41) is 8.45. The fraction of sp³-hybridized carbons (Fsp3) is 0.200. The number of ketones is 1. The smallest absolute Gasteiger partial charge is 0.225 e. The minimum atomic E-state index is -0.259. The number of nitrogens with zero attached hydrogens (tertiary/aromatic N) is 3. The number of rotatable bonds is 7. The number of methoxy groups -OCH3 is 1. The normalized spacial score (nSPS) is 10.8. The second kappa shape index (κ2) is 9.01. The van der Waals surface area contributed by atoms with Gasteiger partial charge in [0.1, 0.15) is 11.6 Å². The van der Waals surface area contributed by atoms with Crippen molar-refractivity contribution < 1.29 is 14.3 Å². The maximum atomic E-state index is 12.6. The third kappa shape index (κ3) is 4.51. The summed E-state index contributed by atoms with van der Waals surface area (Å²) in [5.41, 5.74) is 3.23. The molecule has 0 spiro atoms. The molecule has 32 heavy (non-hydrogen) atoms. The summed E-state index contributed by atoms with van der Waals surface area (Å²) >= 11 is 0. The van der Waals surface area contributed by atoms with Crippen molar-refractivity contribution in [2.75, 3.05) is 12.4 Å². The van der Waals surface area contributed by atoms with Crippen LogP contribution >= 0.6 is 0 Å². The lowest BCUT2D eigenvalue weighted by molar-refractivity contribution is -0.116. The summed E-state index contributed by atoms with van der Waals surface area (Å²) in [4.78, 5) is 29.7. The number of amides is 1. The van der Waals surface area contributed by atoms with Crippen LogP contribution < -0.4 is 10.1 Å². The molecule has 0 atom stereocenters. The first kappa shape index (κ1) is 21.2. The number of nitrogens with one attached hydrogen (secondary N) is 1. The highest BCUT2D eigenvalue weighted by molar-refractivity contribution is 6.00. The van der Waals surface area contributed by atoms with Crippen molar-refractivity contribution >= 4 is 28.4 Å². The van der Waals surface area contributed by atoms with Crippen LogP contribution in [-0.2, 0) is 4.79 Å². The van der Waals surface area contributed by atoms with E-state index in [1.165, 1.54) is 0 Å². The SMILES string of the molecule is COc1ccc(C(=O)CCC(=O)Nc2cc(C)nn2-c2cc(C)c3ccccc3n2)cc1. The number of aromatic nitrogens is 3. The number of fused-ring (bicyclic) bond motifs is 1. The predicted molar refractivity (Wildman–Crippen MR) is 124 cm³/mol. The quantitative estimate of drug-likeness (QED) is 0.433. The maximum absolute atomic E-state index is 12.6. The second-order valence-electron chi connectivity index (χ2n) is 7.60. The minimum absolute atomic E-state index is 0.0687. The van der Waals surface area contributed by atoms with Crippen LogP contribution in [0.2, 0.25) is 0 Å². The van der Waals surface area contributed by atoms with Crippen LogP contribution in [0, 0.1) is 13.8 Å². The third-order valence-electron chi connectivity index (χ3n) is 5.22. The van der Waals surface area contributed by atoms with Crippen molar-refractivity contribution in [1.82, 2.24) is 14.8 Å². The number of anilines is 1. The van der Waals surface area contributed by atoms with E-state index >= 15 is 0 Å². The Morgan fingerprint density at radius 2 is 1.75 bits per heavy atom. The molecule has 0 aliphatic carbocycles. The van der Waals surface area contributed by atoms with Gasteiger partial charge in [-0.15, -0.1) is 0 Å². The van der Waals surface area contributed by atoms with E-state index in [4.69, 9.17) is 9.72 Å². The van der Waals surface area contributed by atoms with Crippen LogP contribution in [0.5, 0.6) is 5.75 Å². The first-order valence-electron chi connectivity index (χ1n) is 10.3. The highest BCUT2D eigenvalue weighted by Gasteiger charge is 2.15. The Morgan fingerprint density at radius 1 is 1.00 bits per heavy atom. The average Bonchev–Trinajstić information content (AvgIpc) is 3.17. The molecule has 0 saturated carbocycles. The molecule has 162 valence electrons. The summed E-state index contributed by atoms with van der Waals surface area (Å²) in [7, 11) is 1.57. The number of carbonyl (C=O) groups excluding carboxylic acids is 2. The molecule has 1 amide bonds. The van der Waals surface area contributed by atoms with Crippen LogP contribution in [0.1, 0.15) is 34.5 Å². The summed E-state index contributed by atoms with van der Waals surface area (Å²) < 4.78 is 6.73. The molecule has 7 nitrogen and oxygen atoms in total. The van der Waals surface area contributed by atoms with Gasteiger partial charge in [-0.3, -0.25) is 9.59 Å². The molecule has 0 aliphatic rings. The molecule has 0 unspecified atom stereocenters. The van der Waals surface area contributed by atoms with E-state index in [1.54, 1.807) is 42.1 Å². The summed E-state index contributed by atoms with van der Waals surface area (Å²) in [6.07, 6.45) is 0.178. The van der Waals surface area contributed by atoms with Crippen LogP contribution in [0.3, 0.4) is 0 Å². The Bertz CT molecular complexity index is 1290. The minimum Gasteiger partial charge on any atom is -0.497 e. The number of ether oxygens (including phenoxy) is 1.